The van der Waals surface area contributed by atoms with Crippen LogP contribution in [0.2, 0.25) is 0 Å². The summed E-state index contributed by atoms with van der Waals surface area (Å²) >= 11 is 0. The molecule has 0 amide bonds. The van der Waals surface area contributed by atoms with E-state index in [-0.39, 0.29) is 0 Å². The van der Waals surface area contributed by atoms with E-state index < -0.39 is 12.9 Å². The van der Waals surface area contributed by atoms with Gasteiger partial charge in [0.1, 0.15) is 5.28 Å². The molecule has 0 saturated heterocycles. The summed E-state index contributed by atoms with van der Waals surface area (Å²) in [6.45, 7) is 25.6. The first kappa shape index (κ1) is 40.1. The van der Waals surface area contributed by atoms with Crippen molar-refractivity contribution in [3.63, 3.8) is 0 Å². The Balaban J connectivity index is 6.31. The van der Waals surface area contributed by atoms with Crippen LogP contribution in [-0.2, 0) is 13.6 Å². The topological polar surface area (TPSA) is 38.8 Å². The van der Waals surface area contributed by atoms with E-state index in [0.29, 0.717) is 36.9 Å². The number of rotatable bonds is 28. The van der Waals surface area contributed by atoms with Gasteiger partial charge in [0.25, 0.3) is 0 Å². The van der Waals surface area contributed by atoms with Crippen molar-refractivity contribution in [3.8, 4) is 0 Å². The van der Waals surface area contributed by atoms with Crippen molar-refractivity contribution >= 4 is 7.60 Å². The Morgan fingerprint density at radius 3 is 1.12 bits per heavy atom. The Morgan fingerprint density at radius 2 is 0.850 bits per heavy atom. The molecule has 4 unspecified atom stereocenters. The Labute approximate surface area is 253 Å². The van der Waals surface area contributed by atoms with E-state index in [9.17, 15) is 0 Å². The third kappa shape index (κ3) is 15.0. The van der Waals surface area contributed by atoms with Gasteiger partial charge in [-0.25, -0.2) is 0 Å². The molecule has 0 saturated carbocycles. The Bertz CT molecular complexity index is 584. The first-order valence-corrected chi connectivity index (χ1v) is 19.3. The van der Waals surface area contributed by atoms with Gasteiger partial charge in [-0.3, -0.25) is 9.46 Å². The molecule has 0 fully saturated rings. The molecule has 0 aromatic rings. The van der Waals surface area contributed by atoms with Gasteiger partial charge in [0.05, 0.1) is 13.2 Å². The quantitative estimate of drug-likeness (QED) is 0.0853. The molecule has 0 rings (SSSR count). The average Bonchev–Trinajstić information content (AvgIpc) is 2.96. The molecular formula is C35H74NO3P. The minimum Gasteiger partial charge on any atom is -0.307 e. The van der Waals surface area contributed by atoms with E-state index >= 15 is 4.57 Å². The van der Waals surface area contributed by atoms with Crippen molar-refractivity contribution in [2.45, 2.75) is 177 Å². The molecule has 0 aliphatic rings. The highest BCUT2D eigenvalue weighted by Crippen LogP contribution is 2.62. The minimum atomic E-state index is -3.44. The summed E-state index contributed by atoms with van der Waals surface area (Å²) in [5.74, 6) is 2.09. The smallest absolute Gasteiger partial charge is 0.307 e. The summed E-state index contributed by atoms with van der Waals surface area (Å²) in [7, 11) is -3.44. The van der Waals surface area contributed by atoms with Crippen molar-refractivity contribution < 1.29 is 13.6 Å². The van der Waals surface area contributed by atoms with Gasteiger partial charge in [-0.15, -0.1) is 0 Å². The molecule has 0 aromatic heterocycles. The molecule has 0 aromatic carbocycles. The van der Waals surface area contributed by atoms with Crippen molar-refractivity contribution in [1.82, 2.24) is 4.90 Å². The number of nitrogens with zero attached hydrogens (tertiary/aromatic N) is 1. The molecule has 0 aliphatic heterocycles. The average molecular weight is 588 g/mol. The number of hydrogen-bond donors (Lipinski definition) is 0. The van der Waals surface area contributed by atoms with Crippen LogP contribution in [0.1, 0.15) is 172 Å². The molecule has 4 nitrogen and oxygen atoms in total. The molecule has 0 radical (unpaired) electrons. The van der Waals surface area contributed by atoms with Gasteiger partial charge < -0.3 is 9.05 Å². The number of unbranched alkanes of at least 4 members (excludes halogenated alkanes) is 4. The molecule has 0 aliphatic carbocycles. The fourth-order valence-corrected chi connectivity index (χ4v) is 7.74. The summed E-state index contributed by atoms with van der Waals surface area (Å²) < 4.78 is 28.4. The fraction of sp³-hybridized carbons (Fsp3) is 1.00. The fourth-order valence-electron chi connectivity index (χ4n) is 5.71. The zero-order chi connectivity index (χ0) is 30.4. The van der Waals surface area contributed by atoms with Crippen LogP contribution in [0.3, 0.4) is 0 Å². The normalized spacial score (nSPS) is 17.1. The lowest BCUT2D eigenvalue weighted by molar-refractivity contribution is 0.0705. The summed E-state index contributed by atoms with van der Waals surface area (Å²) in [6, 6.07) is 0. The van der Waals surface area contributed by atoms with Crippen LogP contribution in [0, 0.1) is 23.7 Å². The van der Waals surface area contributed by atoms with Gasteiger partial charge in [0.15, 0.2) is 0 Å². The van der Waals surface area contributed by atoms with Crippen molar-refractivity contribution in [3.05, 3.63) is 0 Å². The molecule has 4 atom stereocenters. The van der Waals surface area contributed by atoms with Gasteiger partial charge >= 0.3 is 7.60 Å². The minimum absolute atomic E-state index is 0.434. The predicted molar refractivity (Wildman–Crippen MR) is 178 cm³/mol. The lowest BCUT2D eigenvalue weighted by atomic mass is 9.95. The van der Waals surface area contributed by atoms with E-state index in [1.807, 2.05) is 0 Å². The second-order valence-corrected chi connectivity index (χ2v) is 15.8. The van der Waals surface area contributed by atoms with Gasteiger partial charge in [0, 0.05) is 13.1 Å². The summed E-state index contributed by atoms with van der Waals surface area (Å²) in [5, 5.41) is -0.668. The van der Waals surface area contributed by atoms with Gasteiger partial charge in [-0.1, -0.05) is 132 Å². The highest BCUT2D eigenvalue weighted by molar-refractivity contribution is 7.55. The molecule has 0 spiro atoms. The molecule has 5 heteroatoms. The number of hydrogen-bond acceptors (Lipinski definition) is 4. The molecule has 242 valence electrons. The summed E-state index contributed by atoms with van der Waals surface area (Å²) in [4.78, 5) is 2.56. The van der Waals surface area contributed by atoms with Crippen molar-refractivity contribution in [1.29, 1.82) is 0 Å². The Morgan fingerprint density at radius 1 is 0.550 bits per heavy atom. The van der Waals surface area contributed by atoms with E-state index in [0.717, 1.165) is 51.6 Å². The maximum atomic E-state index is 15.1. The molecule has 0 N–H and O–H groups in total. The molecule has 0 bridgehead atoms. The maximum absolute atomic E-state index is 15.1. The zero-order valence-corrected chi connectivity index (χ0v) is 30.0. The third-order valence-electron chi connectivity index (χ3n) is 9.53. The van der Waals surface area contributed by atoms with E-state index in [4.69, 9.17) is 9.05 Å². The maximum Gasteiger partial charge on any atom is 0.350 e. The summed E-state index contributed by atoms with van der Waals surface area (Å²) in [6.07, 6.45) is 18.9. The molecular weight excluding hydrogens is 513 g/mol. The van der Waals surface area contributed by atoms with Crippen LogP contribution in [-0.4, -0.2) is 36.5 Å². The van der Waals surface area contributed by atoms with Crippen LogP contribution >= 0.6 is 7.60 Å². The van der Waals surface area contributed by atoms with Gasteiger partial charge in [-0.2, -0.15) is 0 Å². The second-order valence-electron chi connectivity index (χ2n) is 13.2. The molecule has 40 heavy (non-hydrogen) atoms. The first-order valence-electron chi connectivity index (χ1n) is 17.8. The van der Waals surface area contributed by atoms with Crippen LogP contribution in [0.15, 0.2) is 0 Å². The lowest BCUT2D eigenvalue weighted by Gasteiger charge is -2.45. The van der Waals surface area contributed by atoms with Gasteiger partial charge in [0.2, 0.25) is 0 Å². The Hall–Kier alpha value is 0.110. The monoisotopic (exact) mass is 588 g/mol. The zero-order valence-electron chi connectivity index (χ0n) is 29.1. The van der Waals surface area contributed by atoms with Crippen molar-refractivity contribution in [2.75, 3.05) is 26.3 Å². The molecule has 0 heterocycles. The standard InChI is InChI=1S/C35H74NO3P/c1-11-19-23-31(15-5)27-36(28-32(16-6)24-20-12-2)35(9,10)40(37,38-29-33(17-7)25-21-13-3)39-30-34(18-8)26-22-14-4/h31-34H,11-30H2,1-10H3. The van der Waals surface area contributed by atoms with Crippen LogP contribution < -0.4 is 0 Å². The van der Waals surface area contributed by atoms with Crippen LogP contribution in [0.4, 0.5) is 0 Å². The SMILES string of the molecule is CCCCC(CC)COP(=O)(OCC(CC)CCCC)C(C)(C)N(CC(CC)CCCC)CC(CC)CCCC. The van der Waals surface area contributed by atoms with E-state index in [2.05, 4.69) is 74.1 Å². The highest BCUT2D eigenvalue weighted by atomic mass is 31.2. The lowest BCUT2D eigenvalue weighted by Crippen LogP contribution is -2.49. The van der Waals surface area contributed by atoms with Gasteiger partial charge in [-0.05, 0) is 63.2 Å². The Kier molecular flexibility index (Phi) is 23.6. The second kappa shape index (κ2) is 23.6. The van der Waals surface area contributed by atoms with Crippen LogP contribution in [0.5, 0.6) is 0 Å². The van der Waals surface area contributed by atoms with Crippen LogP contribution in [0.25, 0.3) is 0 Å². The summed E-state index contributed by atoms with van der Waals surface area (Å²) in [5.41, 5.74) is 0. The highest BCUT2D eigenvalue weighted by Gasteiger charge is 2.49. The van der Waals surface area contributed by atoms with E-state index in [1.54, 1.807) is 0 Å². The van der Waals surface area contributed by atoms with E-state index in [1.165, 1.54) is 64.2 Å². The first-order chi connectivity index (χ1) is 19.1. The largest absolute Gasteiger partial charge is 0.350 e. The predicted octanol–water partition coefficient (Wildman–Crippen LogP) is 12.1. The third-order valence-corrected chi connectivity index (χ3v) is 12.1. The van der Waals surface area contributed by atoms with Crippen molar-refractivity contribution in [2.24, 2.45) is 23.7 Å².